The van der Waals surface area contributed by atoms with Crippen LogP contribution in [0.3, 0.4) is 0 Å². The SMILES string of the molecule is Cc1ccc2nc(CCNC3CCCCCCC3)[nH]c2c1. The Hall–Kier alpha value is -1.35. The quantitative estimate of drug-likeness (QED) is 0.887. The standard InChI is InChI=1S/C18H27N3/c1-14-9-10-16-17(13-14)21-18(20-16)11-12-19-15-7-5-3-2-4-6-8-15/h9-10,13,15,19H,2-8,11-12H2,1H3,(H,20,21). The lowest BCUT2D eigenvalue weighted by Crippen LogP contribution is -2.31. The summed E-state index contributed by atoms with van der Waals surface area (Å²) in [7, 11) is 0. The highest BCUT2D eigenvalue weighted by molar-refractivity contribution is 5.75. The number of hydrogen-bond donors (Lipinski definition) is 2. The highest BCUT2D eigenvalue weighted by atomic mass is 14.9. The number of imidazole rings is 1. The first-order valence-electron chi connectivity index (χ1n) is 8.50. The first-order chi connectivity index (χ1) is 10.3. The monoisotopic (exact) mass is 285 g/mol. The maximum atomic E-state index is 4.67. The summed E-state index contributed by atoms with van der Waals surface area (Å²) in [6, 6.07) is 7.12. The average molecular weight is 285 g/mol. The Labute approximate surface area is 127 Å². The number of hydrogen-bond acceptors (Lipinski definition) is 2. The third-order valence-corrected chi connectivity index (χ3v) is 4.59. The third kappa shape index (κ3) is 4.07. The van der Waals surface area contributed by atoms with Crippen LogP contribution in [0.5, 0.6) is 0 Å². The van der Waals surface area contributed by atoms with Gasteiger partial charge in [0, 0.05) is 19.0 Å². The van der Waals surface area contributed by atoms with E-state index in [4.69, 9.17) is 0 Å². The molecule has 1 aliphatic carbocycles. The molecule has 114 valence electrons. The fourth-order valence-electron chi connectivity index (χ4n) is 3.35. The van der Waals surface area contributed by atoms with E-state index in [1.54, 1.807) is 0 Å². The Bertz CT molecular complexity index is 565. The smallest absolute Gasteiger partial charge is 0.108 e. The maximum absolute atomic E-state index is 4.67. The van der Waals surface area contributed by atoms with Crippen molar-refractivity contribution in [1.82, 2.24) is 15.3 Å². The van der Waals surface area contributed by atoms with Crippen LogP contribution in [0.1, 0.15) is 56.3 Å². The molecule has 3 nitrogen and oxygen atoms in total. The normalized spacial score (nSPS) is 17.8. The summed E-state index contributed by atoms with van der Waals surface area (Å²) in [5.41, 5.74) is 3.53. The summed E-state index contributed by atoms with van der Waals surface area (Å²) in [4.78, 5) is 8.12. The summed E-state index contributed by atoms with van der Waals surface area (Å²) in [6.07, 6.45) is 10.7. The molecule has 2 N–H and O–H groups in total. The summed E-state index contributed by atoms with van der Waals surface area (Å²) in [5, 5.41) is 3.73. The molecule has 1 aromatic carbocycles. The van der Waals surface area contributed by atoms with Crippen LogP contribution in [0.2, 0.25) is 0 Å². The Balaban J connectivity index is 1.51. The number of nitrogens with one attached hydrogen (secondary N) is 2. The van der Waals surface area contributed by atoms with E-state index in [2.05, 4.69) is 40.4 Å². The van der Waals surface area contributed by atoms with Crippen LogP contribution in [0, 0.1) is 6.92 Å². The Morgan fingerprint density at radius 2 is 1.90 bits per heavy atom. The van der Waals surface area contributed by atoms with Gasteiger partial charge in [-0.15, -0.1) is 0 Å². The average Bonchev–Trinajstić information content (AvgIpc) is 2.82. The van der Waals surface area contributed by atoms with Gasteiger partial charge in [-0.3, -0.25) is 0 Å². The van der Waals surface area contributed by atoms with E-state index in [-0.39, 0.29) is 0 Å². The van der Waals surface area contributed by atoms with Gasteiger partial charge in [0.15, 0.2) is 0 Å². The van der Waals surface area contributed by atoms with Crippen molar-refractivity contribution in [3.63, 3.8) is 0 Å². The summed E-state index contributed by atoms with van der Waals surface area (Å²) in [6.45, 7) is 3.15. The molecule has 0 spiro atoms. The van der Waals surface area contributed by atoms with Gasteiger partial charge in [0.05, 0.1) is 11.0 Å². The molecule has 0 saturated heterocycles. The van der Waals surface area contributed by atoms with Crippen LogP contribution in [-0.4, -0.2) is 22.6 Å². The fraction of sp³-hybridized carbons (Fsp3) is 0.611. The lowest BCUT2D eigenvalue weighted by Gasteiger charge is -2.20. The summed E-state index contributed by atoms with van der Waals surface area (Å²) in [5.74, 6) is 1.11. The lowest BCUT2D eigenvalue weighted by molar-refractivity contribution is 0.391. The van der Waals surface area contributed by atoms with Crippen LogP contribution in [-0.2, 0) is 6.42 Å². The molecule has 0 amide bonds. The minimum absolute atomic E-state index is 0.719. The van der Waals surface area contributed by atoms with Crippen LogP contribution < -0.4 is 5.32 Å². The van der Waals surface area contributed by atoms with Crippen molar-refractivity contribution in [1.29, 1.82) is 0 Å². The molecule has 0 radical (unpaired) electrons. The predicted molar refractivity (Wildman–Crippen MR) is 88.6 cm³/mol. The minimum Gasteiger partial charge on any atom is -0.342 e. The van der Waals surface area contributed by atoms with Gasteiger partial charge < -0.3 is 10.3 Å². The van der Waals surface area contributed by atoms with Crippen LogP contribution >= 0.6 is 0 Å². The summed E-state index contributed by atoms with van der Waals surface area (Å²) >= 11 is 0. The van der Waals surface area contributed by atoms with E-state index in [0.29, 0.717) is 0 Å². The summed E-state index contributed by atoms with van der Waals surface area (Å²) < 4.78 is 0. The molecule has 1 fully saturated rings. The van der Waals surface area contributed by atoms with Crippen LogP contribution in [0.25, 0.3) is 11.0 Å². The topological polar surface area (TPSA) is 40.7 Å². The molecule has 1 heterocycles. The van der Waals surface area contributed by atoms with Gasteiger partial charge >= 0.3 is 0 Å². The number of aryl methyl sites for hydroxylation is 1. The Morgan fingerprint density at radius 1 is 1.14 bits per heavy atom. The molecule has 2 aromatic rings. The van der Waals surface area contributed by atoms with Crippen molar-refractivity contribution < 1.29 is 0 Å². The highest BCUT2D eigenvalue weighted by Gasteiger charge is 2.10. The zero-order chi connectivity index (χ0) is 14.5. The molecule has 0 aliphatic heterocycles. The van der Waals surface area contributed by atoms with Crippen molar-refractivity contribution in [3.05, 3.63) is 29.6 Å². The molecule has 21 heavy (non-hydrogen) atoms. The minimum atomic E-state index is 0.719. The van der Waals surface area contributed by atoms with Gasteiger partial charge in [0.2, 0.25) is 0 Å². The van der Waals surface area contributed by atoms with Gasteiger partial charge in [-0.1, -0.05) is 38.2 Å². The van der Waals surface area contributed by atoms with E-state index in [1.807, 2.05) is 0 Å². The second-order valence-electron chi connectivity index (χ2n) is 6.45. The molecular weight excluding hydrogens is 258 g/mol. The second kappa shape index (κ2) is 7.08. The van der Waals surface area contributed by atoms with Crippen LogP contribution in [0.4, 0.5) is 0 Å². The molecule has 3 heteroatoms. The first-order valence-corrected chi connectivity index (χ1v) is 8.50. The van der Waals surface area contributed by atoms with Crippen molar-refractivity contribution in [3.8, 4) is 0 Å². The van der Waals surface area contributed by atoms with E-state index in [9.17, 15) is 0 Å². The molecular formula is C18H27N3. The number of fused-ring (bicyclic) bond motifs is 1. The number of H-pyrrole nitrogens is 1. The number of aromatic nitrogens is 2. The van der Waals surface area contributed by atoms with Gasteiger partial charge in [-0.25, -0.2) is 4.98 Å². The van der Waals surface area contributed by atoms with Crippen molar-refractivity contribution in [2.24, 2.45) is 0 Å². The maximum Gasteiger partial charge on any atom is 0.108 e. The lowest BCUT2D eigenvalue weighted by atomic mass is 9.97. The molecule has 0 unspecified atom stereocenters. The molecule has 1 aliphatic rings. The molecule has 1 saturated carbocycles. The first kappa shape index (κ1) is 14.6. The van der Waals surface area contributed by atoms with E-state index in [0.717, 1.165) is 35.9 Å². The van der Waals surface area contributed by atoms with E-state index >= 15 is 0 Å². The van der Waals surface area contributed by atoms with Gasteiger partial charge in [0.25, 0.3) is 0 Å². The van der Waals surface area contributed by atoms with Crippen molar-refractivity contribution >= 4 is 11.0 Å². The molecule has 3 rings (SSSR count). The fourth-order valence-corrected chi connectivity index (χ4v) is 3.35. The Morgan fingerprint density at radius 3 is 2.71 bits per heavy atom. The van der Waals surface area contributed by atoms with Crippen molar-refractivity contribution in [2.45, 2.75) is 64.3 Å². The van der Waals surface area contributed by atoms with Crippen molar-refractivity contribution in [2.75, 3.05) is 6.54 Å². The second-order valence-corrected chi connectivity index (χ2v) is 6.45. The van der Waals surface area contributed by atoms with E-state index in [1.165, 1.54) is 50.5 Å². The predicted octanol–water partition coefficient (Wildman–Crippen LogP) is 4.12. The molecule has 1 aromatic heterocycles. The number of benzene rings is 1. The third-order valence-electron chi connectivity index (χ3n) is 4.59. The number of nitrogens with zero attached hydrogens (tertiary/aromatic N) is 1. The highest BCUT2D eigenvalue weighted by Crippen LogP contribution is 2.17. The Kier molecular flexibility index (Phi) is 4.91. The largest absolute Gasteiger partial charge is 0.342 e. The van der Waals surface area contributed by atoms with Gasteiger partial charge in [0.1, 0.15) is 5.82 Å². The molecule has 0 atom stereocenters. The molecule has 0 bridgehead atoms. The zero-order valence-electron chi connectivity index (χ0n) is 13.1. The van der Waals surface area contributed by atoms with E-state index < -0.39 is 0 Å². The van der Waals surface area contributed by atoms with Gasteiger partial charge in [-0.2, -0.15) is 0 Å². The number of rotatable bonds is 4. The van der Waals surface area contributed by atoms with Gasteiger partial charge in [-0.05, 0) is 37.5 Å². The zero-order valence-corrected chi connectivity index (χ0v) is 13.1. The van der Waals surface area contributed by atoms with Crippen LogP contribution in [0.15, 0.2) is 18.2 Å². The number of aromatic amines is 1.